The molecule has 0 fully saturated rings. The Morgan fingerprint density at radius 2 is 2.10 bits per heavy atom. The minimum absolute atomic E-state index is 0.394. The Morgan fingerprint density at radius 3 is 2.75 bits per heavy atom. The maximum Gasteiger partial charge on any atom is 0.304 e. The second-order valence-corrected chi connectivity index (χ2v) is 4.94. The average molecular weight is 296 g/mol. The van der Waals surface area contributed by atoms with Gasteiger partial charge in [-0.2, -0.15) is 16.2 Å². The molecule has 0 spiro atoms. The van der Waals surface area contributed by atoms with Gasteiger partial charge in [-0.15, -0.1) is 0 Å². The molecule has 1 aromatic heterocycles. The molecule has 106 valence electrons. The van der Waals surface area contributed by atoms with Gasteiger partial charge in [0.25, 0.3) is 0 Å². The fraction of sp³-hybridized carbons (Fsp3) is 0.231. The number of rotatable bonds is 6. The smallest absolute Gasteiger partial charge is 0.304 e. The van der Waals surface area contributed by atoms with Crippen LogP contribution in [0.4, 0.5) is 15.8 Å². The van der Waals surface area contributed by atoms with Crippen molar-refractivity contribution in [1.82, 2.24) is 0 Å². The number of furan rings is 1. The molecular weight excluding hydrogens is 283 g/mol. The van der Waals surface area contributed by atoms with E-state index in [9.17, 15) is 14.5 Å². The molecule has 0 radical (unpaired) electrons. The van der Waals surface area contributed by atoms with Crippen molar-refractivity contribution in [3.05, 3.63) is 57.8 Å². The fourth-order valence-corrected chi connectivity index (χ4v) is 2.13. The minimum Gasteiger partial charge on any atom is -0.463 e. The zero-order valence-corrected chi connectivity index (χ0v) is 11.6. The SMILES string of the molecule is CSCc1ccc(CNc2ccc([N+](=O)[O-])c(F)c2)o1. The van der Waals surface area contributed by atoms with Crippen LogP contribution in [0.1, 0.15) is 11.5 Å². The first-order valence-electron chi connectivity index (χ1n) is 5.84. The molecule has 1 heterocycles. The van der Waals surface area contributed by atoms with Crippen LogP contribution >= 0.6 is 11.8 Å². The van der Waals surface area contributed by atoms with E-state index in [0.717, 1.165) is 29.4 Å². The molecule has 0 aliphatic carbocycles. The van der Waals surface area contributed by atoms with Gasteiger partial charge in [0, 0.05) is 17.8 Å². The first-order valence-corrected chi connectivity index (χ1v) is 7.24. The number of anilines is 1. The van der Waals surface area contributed by atoms with Gasteiger partial charge in [0.15, 0.2) is 0 Å². The Labute approximate surface area is 119 Å². The van der Waals surface area contributed by atoms with Gasteiger partial charge < -0.3 is 9.73 Å². The molecule has 0 unspecified atom stereocenters. The quantitative estimate of drug-likeness (QED) is 0.648. The summed E-state index contributed by atoms with van der Waals surface area (Å²) in [4.78, 5) is 9.76. The number of nitrogens with zero attached hydrogens (tertiary/aromatic N) is 1. The molecule has 0 aliphatic heterocycles. The third kappa shape index (κ3) is 3.51. The summed E-state index contributed by atoms with van der Waals surface area (Å²) in [6, 6.07) is 7.44. The molecule has 2 rings (SSSR count). The van der Waals surface area contributed by atoms with Gasteiger partial charge in [-0.3, -0.25) is 10.1 Å². The molecule has 1 aromatic carbocycles. The van der Waals surface area contributed by atoms with Crippen molar-refractivity contribution in [2.45, 2.75) is 12.3 Å². The highest BCUT2D eigenvalue weighted by Crippen LogP contribution is 2.21. The molecule has 0 saturated carbocycles. The fourth-order valence-electron chi connectivity index (χ4n) is 1.69. The van der Waals surface area contributed by atoms with Crippen LogP contribution in [-0.4, -0.2) is 11.2 Å². The highest BCUT2D eigenvalue weighted by Gasteiger charge is 2.13. The number of thioether (sulfide) groups is 1. The summed E-state index contributed by atoms with van der Waals surface area (Å²) in [5, 5.41) is 13.5. The second-order valence-electron chi connectivity index (χ2n) is 4.08. The lowest BCUT2D eigenvalue weighted by atomic mass is 10.2. The third-order valence-corrected chi connectivity index (χ3v) is 3.19. The Morgan fingerprint density at radius 1 is 1.35 bits per heavy atom. The molecule has 0 amide bonds. The predicted octanol–water partition coefficient (Wildman–Crippen LogP) is 3.80. The van der Waals surface area contributed by atoms with E-state index in [-0.39, 0.29) is 0 Å². The van der Waals surface area contributed by atoms with Crippen LogP contribution in [-0.2, 0) is 12.3 Å². The average Bonchev–Trinajstić information content (AvgIpc) is 2.84. The van der Waals surface area contributed by atoms with Crippen molar-refractivity contribution in [1.29, 1.82) is 0 Å². The first-order chi connectivity index (χ1) is 9.60. The van der Waals surface area contributed by atoms with Crippen LogP contribution in [0, 0.1) is 15.9 Å². The van der Waals surface area contributed by atoms with Gasteiger partial charge >= 0.3 is 5.69 Å². The van der Waals surface area contributed by atoms with Crippen LogP contribution in [0.5, 0.6) is 0 Å². The zero-order chi connectivity index (χ0) is 14.5. The van der Waals surface area contributed by atoms with E-state index in [1.165, 1.54) is 6.07 Å². The van der Waals surface area contributed by atoms with E-state index in [1.807, 2.05) is 18.4 Å². The maximum absolute atomic E-state index is 13.4. The van der Waals surface area contributed by atoms with Gasteiger partial charge in [0.1, 0.15) is 11.5 Å². The summed E-state index contributed by atoms with van der Waals surface area (Å²) in [5.74, 6) is 1.55. The number of hydrogen-bond donors (Lipinski definition) is 1. The molecule has 0 aliphatic rings. The molecule has 0 saturated heterocycles. The number of nitro groups is 1. The summed E-state index contributed by atoms with van der Waals surface area (Å²) >= 11 is 1.66. The lowest BCUT2D eigenvalue weighted by molar-refractivity contribution is -0.387. The third-order valence-electron chi connectivity index (χ3n) is 2.62. The first kappa shape index (κ1) is 14.4. The van der Waals surface area contributed by atoms with Crippen molar-refractivity contribution in [3.63, 3.8) is 0 Å². The van der Waals surface area contributed by atoms with Crippen LogP contribution in [0.2, 0.25) is 0 Å². The van der Waals surface area contributed by atoms with Crippen LogP contribution in [0.25, 0.3) is 0 Å². The summed E-state index contributed by atoms with van der Waals surface area (Å²) in [7, 11) is 0. The van der Waals surface area contributed by atoms with Crippen molar-refractivity contribution in [2.24, 2.45) is 0 Å². The van der Waals surface area contributed by atoms with E-state index in [0.29, 0.717) is 12.2 Å². The summed E-state index contributed by atoms with van der Waals surface area (Å²) in [5.41, 5.74) is -0.0632. The van der Waals surface area contributed by atoms with E-state index in [1.54, 1.807) is 11.8 Å². The van der Waals surface area contributed by atoms with E-state index >= 15 is 0 Å². The van der Waals surface area contributed by atoms with E-state index < -0.39 is 16.4 Å². The number of halogens is 1. The van der Waals surface area contributed by atoms with Gasteiger partial charge in [0.2, 0.25) is 5.82 Å². The Balaban J connectivity index is 1.99. The highest BCUT2D eigenvalue weighted by atomic mass is 32.2. The Bertz CT molecular complexity index is 615. The van der Waals surface area contributed by atoms with Gasteiger partial charge in [-0.05, 0) is 24.5 Å². The largest absolute Gasteiger partial charge is 0.463 e. The summed E-state index contributed by atoms with van der Waals surface area (Å²) in [6.45, 7) is 0.394. The summed E-state index contributed by atoms with van der Waals surface area (Å²) in [6.07, 6.45) is 1.99. The van der Waals surface area contributed by atoms with Crippen LogP contribution < -0.4 is 5.32 Å². The van der Waals surface area contributed by atoms with E-state index in [2.05, 4.69) is 5.32 Å². The van der Waals surface area contributed by atoms with Crippen LogP contribution in [0.15, 0.2) is 34.7 Å². The van der Waals surface area contributed by atoms with Gasteiger partial charge in [-0.1, -0.05) is 0 Å². The monoisotopic (exact) mass is 296 g/mol. The molecule has 5 nitrogen and oxygen atoms in total. The molecule has 7 heteroatoms. The Kier molecular flexibility index (Phi) is 4.62. The highest BCUT2D eigenvalue weighted by molar-refractivity contribution is 7.97. The molecular formula is C13H13FN2O3S. The van der Waals surface area contributed by atoms with Crippen molar-refractivity contribution in [3.8, 4) is 0 Å². The topological polar surface area (TPSA) is 68.3 Å². The second kappa shape index (κ2) is 6.42. The summed E-state index contributed by atoms with van der Waals surface area (Å²) < 4.78 is 19.0. The maximum atomic E-state index is 13.4. The molecule has 20 heavy (non-hydrogen) atoms. The Hall–Kier alpha value is -2.02. The minimum atomic E-state index is -0.859. The van der Waals surface area contributed by atoms with Crippen molar-refractivity contribution in [2.75, 3.05) is 11.6 Å². The lowest BCUT2D eigenvalue weighted by Gasteiger charge is -2.04. The number of nitrogens with one attached hydrogen (secondary N) is 1. The molecule has 0 atom stereocenters. The van der Waals surface area contributed by atoms with Crippen LogP contribution in [0.3, 0.4) is 0 Å². The number of benzene rings is 1. The van der Waals surface area contributed by atoms with Crippen molar-refractivity contribution < 1.29 is 13.7 Å². The lowest BCUT2D eigenvalue weighted by Crippen LogP contribution is -2.00. The standard InChI is InChI=1S/C13H13FN2O3S/c1-20-8-11-4-3-10(19-11)7-15-9-2-5-13(16(17)18)12(14)6-9/h2-6,15H,7-8H2,1H3. The molecule has 1 N–H and O–H groups in total. The predicted molar refractivity (Wildman–Crippen MR) is 76.3 cm³/mol. The molecule has 2 aromatic rings. The van der Waals surface area contributed by atoms with Crippen molar-refractivity contribution >= 4 is 23.1 Å². The molecule has 0 bridgehead atoms. The zero-order valence-electron chi connectivity index (χ0n) is 10.8. The van der Waals surface area contributed by atoms with Gasteiger partial charge in [-0.25, -0.2) is 0 Å². The van der Waals surface area contributed by atoms with E-state index in [4.69, 9.17) is 4.42 Å². The van der Waals surface area contributed by atoms with Gasteiger partial charge in [0.05, 0.1) is 17.2 Å². The number of nitro benzene ring substituents is 1. The number of hydrogen-bond acceptors (Lipinski definition) is 5. The normalized spacial score (nSPS) is 10.5.